The number of carbonyl (C=O) groups is 1. The molecule has 0 saturated heterocycles. The molecule has 0 atom stereocenters. The van der Waals surface area contributed by atoms with Crippen LogP contribution in [0.2, 0.25) is 5.02 Å². The minimum atomic E-state index is -3.48. The minimum absolute atomic E-state index is 0.0445. The van der Waals surface area contributed by atoms with Crippen LogP contribution in [0.4, 0.5) is 15.5 Å². The number of urea groups is 1. The number of thiophene rings is 1. The molecule has 0 radical (unpaired) electrons. The number of sulfone groups is 1. The predicted octanol–water partition coefficient (Wildman–Crippen LogP) is 4.54. The molecule has 0 aliphatic heterocycles. The SMILES string of the molecule is Cc1cccc(NC(=O)Nc2scc(S(=O)(=O)C(C)C)c2Cl)c1. The average Bonchev–Trinajstić information content (AvgIpc) is 2.80. The van der Waals surface area contributed by atoms with Crippen molar-refractivity contribution in [3.05, 3.63) is 40.2 Å². The van der Waals surface area contributed by atoms with Crippen LogP contribution in [-0.2, 0) is 9.84 Å². The number of rotatable bonds is 4. The second kappa shape index (κ2) is 6.90. The lowest BCUT2D eigenvalue weighted by Gasteiger charge is -2.08. The Morgan fingerprint density at radius 2 is 1.96 bits per heavy atom. The van der Waals surface area contributed by atoms with Gasteiger partial charge in [0.05, 0.1) is 15.2 Å². The van der Waals surface area contributed by atoms with Gasteiger partial charge < -0.3 is 5.32 Å². The zero-order valence-corrected chi connectivity index (χ0v) is 15.3. The van der Waals surface area contributed by atoms with Crippen LogP contribution < -0.4 is 10.6 Å². The van der Waals surface area contributed by atoms with E-state index in [9.17, 15) is 13.2 Å². The Labute approximate surface area is 144 Å². The van der Waals surface area contributed by atoms with Gasteiger partial charge in [-0.3, -0.25) is 5.32 Å². The molecule has 124 valence electrons. The molecule has 1 aromatic carbocycles. The van der Waals surface area contributed by atoms with E-state index in [-0.39, 0.29) is 9.92 Å². The first-order valence-electron chi connectivity index (χ1n) is 6.87. The van der Waals surface area contributed by atoms with Crippen molar-refractivity contribution in [3.8, 4) is 0 Å². The second-order valence-electron chi connectivity index (χ2n) is 5.29. The van der Waals surface area contributed by atoms with Gasteiger partial charge in [0.15, 0.2) is 9.84 Å². The fourth-order valence-corrected chi connectivity index (χ4v) is 4.78. The molecule has 2 amide bonds. The highest BCUT2D eigenvalue weighted by molar-refractivity contribution is 7.92. The Morgan fingerprint density at radius 1 is 1.26 bits per heavy atom. The molecule has 0 saturated carbocycles. The van der Waals surface area contributed by atoms with E-state index >= 15 is 0 Å². The van der Waals surface area contributed by atoms with Crippen molar-refractivity contribution in [3.63, 3.8) is 0 Å². The van der Waals surface area contributed by atoms with Crippen LogP contribution in [0.3, 0.4) is 0 Å². The summed E-state index contributed by atoms with van der Waals surface area (Å²) in [5.74, 6) is 0. The fourth-order valence-electron chi connectivity index (χ4n) is 1.85. The Bertz CT molecular complexity index is 829. The van der Waals surface area contributed by atoms with Crippen molar-refractivity contribution in [2.75, 3.05) is 10.6 Å². The smallest absolute Gasteiger partial charge is 0.308 e. The van der Waals surface area contributed by atoms with Gasteiger partial charge in [-0.2, -0.15) is 0 Å². The summed E-state index contributed by atoms with van der Waals surface area (Å²) in [5.41, 5.74) is 1.66. The summed E-state index contributed by atoms with van der Waals surface area (Å²) in [5, 5.41) is 6.47. The largest absolute Gasteiger partial charge is 0.324 e. The summed E-state index contributed by atoms with van der Waals surface area (Å²) < 4.78 is 24.3. The lowest BCUT2D eigenvalue weighted by Crippen LogP contribution is -2.19. The molecule has 0 spiro atoms. The van der Waals surface area contributed by atoms with Gasteiger partial charge in [0.25, 0.3) is 0 Å². The van der Waals surface area contributed by atoms with Crippen molar-refractivity contribution >= 4 is 49.5 Å². The van der Waals surface area contributed by atoms with Crippen molar-refractivity contribution < 1.29 is 13.2 Å². The molecule has 0 aliphatic rings. The molecule has 0 aliphatic carbocycles. The summed E-state index contributed by atoms with van der Waals surface area (Å²) >= 11 is 7.19. The summed E-state index contributed by atoms with van der Waals surface area (Å²) in [4.78, 5) is 12.1. The topological polar surface area (TPSA) is 75.3 Å². The number of halogens is 1. The molecular weight excluding hydrogens is 356 g/mol. The highest BCUT2D eigenvalue weighted by Crippen LogP contribution is 2.37. The molecule has 0 bridgehead atoms. The van der Waals surface area contributed by atoms with Crippen LogP contribution in [0.15, 0.2) is 34.5 Å². The maximum absolute atomic E-state index is 12.2. The van der Waals surface area contributed by atoms with Gasteiger partial charge >= 0.3 is 6.03 Å². The fraction of sp³-hybridized carbons (Fsp3) is 0.267. The summed E-state index contributed by atoms with van der Waals surface area (Å²) in [6, 6.07) is 6.85. The van der Waals surface area contributed by atoms with Crippen LogP contribution in [0.25, 0.3) is 0 Å². The van der Waals surface area contributed by atoms with Crippen LogP contribution in [0.5, 0.6) is 0 Å². The zero-order chi connectivity index (χ0) is 17.2. The number of anilines is 2. The van der Waals surface area contributed by atoms with Crippen LogP contribution in [-0.4, -0.2) is 19.7 Å². The number of carbonyl (C=O) groups excluding carboxylic acids is 1. The zero-order valence-electron chi connectivity index (χ0n) is 12.9. The number of aryl methyl sites for hydroxylation is 1. The maximum Gasteiger partial charge on any atom is 0.324 e. The quantitative estimate of drug-likeness (QED) is 0.827. The third-order valence-corrected chi connectivity index (χ3v) is 6.97. The number of nitrogens with one attached hydrogen (secondary N) is 2. The van der Waals surface area contributed by atoms with Crippen molar-refractivity contribution in [2.24, 2.45) is 0 Å². The van der Waals surface area contributed by atoms with E-state index in [1.165, 1.54) is 5.38 Å². The molecule has 2 N–H and O–H groups in total. The Hall–Kier alpha value is -1.57. The Balaban J connectivity index is 2.15. The van der Waals surface area contributed by atoms with E-state index in [0.29, 0.717) is 10.7 Å². The first-order valence-corrected chi connectivity index (χ1v) is 9.67. The standard InChI is InChI=1S/C15H17ClN2O3S2/c1-9(2)23(20,21)12-8-22-14(13(12)16)18-15(19)17-11-6-4-5-10(3)7-11/h4-9H,1-3H3,(H2,17,18,19). The Kier molecular flexibility index (Phi) is 5.33. The summed E-state index contributed by atoms with van der Waals surface area (Å²) in [6.45, 7) is 5.09. The molecule has 23 heavy (non-hydrogen) atoms. The Morgan fingerprint density at radius 3 is 2.57 bits per heavy atom. The molecule has 1 aromatic heterocycles. The van der Waals surface area contributed by atoms with Crippen LogP contribution in [0, 0.1) is 6.92 Å². The third kappa shape index (κ3) is 4.04. The van der Waals surface area contributed by atoms with E-state index in [0.717, 1.165) is 16.9 Å². The molecule has 2 rings (SSSR count). The molecular formula is C15H17ClN2O3S2. The first kappa shape index (κ1) is 17.8. The van der Waals surface area contributed by atoms with Gasteiger partial charge in [0, 0.05) is 11.1 Å². The third-order valence-electron chi connectivity index (χ3n) is 3.13. The van der Waals surface area contributed by atoms with Crippen LogP contribution in [0.1, 0.15) is 19.4 Å². The number of benzene rings is 1. The van der Waals surface area contributed by atoms with Crippen molar-refractivity contribution in [1.82, 2.24) is 0 Å². The van der Waals surface area contributed by atoms with E-state index in [2.05, 4.69) is 10.6 Å². The van der Waals surface area contributed by atoms with Crippen molar-refractivity contribution in [2.45, 2.75) is 30.9 Å². The number of hydrogen-bond donors (Lipinski definition) is 2. The van der Waals surface area contributed by atoms with E-state index in [1.807, 2.05) is 25.1 Å². The molecule has 1 heterocycles. The van der Waals surface area contributed by atoms with Gasteiger partial charge in [0.2, 0.25) is 0 Å². The van der Waals surface area contributed by atoms with Crippen LogP contribution >= 0.6 is 22.9 Å². The monoisotopic (exact) mass is 372 g/mol. The van der Waals surface area contributed by atoms with Gasteiger partial charge in [-0.05, 0) is 38.5 Å². The highest BCUT2D eigenvalue weighted by atomic mass is 35.5. The first-order chi connectivity index (χ1) is 10.7. The van der Waals surface area contributed by atoms with Gasteiger partial charge in [-0.1, -0.05) is 23.7 Å². The molecule has 0 unspecified atom stereocenters. The molecule has 0 fully saturated rings. The second-order valence-corrected chi connectivity index (χ2v) is 9.02. The number of amides is 2. The van der Waals surface area contributed by atoms with E-state index < -0.39 is 21.1 Å². The van der Waals surface area contributed by atoms with E-state index in [1.54, 1.807) is 19.9 Å². The van der Waals surface area contributed by atoms with Gasteiger partial charge in [-0.25, -0.2) is 13.2 Å². The van der Waals surface area contributed by atoms with Gasteiger partial charge in [0.1, 0.15) is 5.00 Å². The predicted molar refractivity (Wildman–Crippen MR) is 95.5 cm³/mol. The summed E-state index contributed by atoms with van der Waals surface area (Å²) in [7, 11) is -3.48. The van der Waals surface area contributed by atoms with Gasteiger partial charge in [-0.15, -0.1) is 11.3 Å². The average molecular weight is 373 g/mol. The molecule has 5 nitrogen and oxygen atoms in total. The highest BCUT2D eigenvalue weighted by Gasteiger charge is 2.26. The number of hydrogen-bond acceptors (Lipinski definition) is 4. The molecule has 8 heteroatoms. The van der Waals surface area contributed by atoms with E-state index in [4.69, 9.17) is 11.6 Å². The lowest BCUT2D eigenvalue weighted by molar-refractivity contribution is 0.262. The molecule has 2 aromatic rings. The lowest BCUT2D eigenvalue weighted by atomic mass is 10.2. The normalized spacial score (nSPS) is 11.5. The minimum Gasteiger partial charge on any atom is -0.308 e. The maximum atomic E-state index is 12.2. The summed E-state index contributed by atoms with van der Waals surface area (Å²) in [6.07, 6.45) is 0. The van der Waals surface area contributed by atoms with Crippen molar-refractivity contribution in [1.29, 1.82) is 0 Å².